The molecule has 2 aliphatic rings. The summed E-state index contributed by atoms with van der Waals surface area (Å²) in [6.07, 6.45) is 2.69. The summed E-state index contributed by atoms with van der Waals surface area (Å²) in [5.74, 6) is -1.09. The number of carbonyl (C=O) groups excluding carboxylic acids is 2. The predicted molar refractivity (Wildman–Crippen MR) is 107 cm³/mol. The summed E-state index contributed by atoms with van der Waals surface area (Å²) in [6, 6.07) is 12.0. The van der Waals surface area contributed by atoms with Gasteiger partial charge in [0.1, 0.15) is 5.69 Å². The summed E-state index contributed by atoms with van der Waals surface area (Å²) in [7, 11) is 0. The summed E-state index contributed by atoms with van der Waals surface area (Å²) in [5, 5.41) is 14.4. The molecule has 0 bridgehead atoms. The zero-order chi connectivity index (χ0) is 20.5. The number of amides is 1. The van der Waals surface area contributed by atoms with Crippen molar-refractivity contribution in [3.05, 3.63) is 63.7 Å². The summed E-state index contributed by atoms with van der Waals surface area (Å²) in [4.78, 5) is 37.5. The van der Waals surface area contributed by atoms with Crippen LogP contribution in [0, 0.1) is 10.1 Å². The molecular formula is C21H21N3O5. The molecule has 0 aromatic heterocycles. The second kappa shape index (κ2) is 7.54. The van der Waals surface area contributed by atoms with Crippen molar-refractivity contribution in [2.45, 2.75) is 38.3 Å². The van der Waals surface area contributed by atoms with E-state index in [0.29, 0.717) is 5.69 Å². The number of benzene rings is 2. The van der Waals surface area contributed by atoms with E-state index in [0.717, 1.165) is 30.5 Å². The van der Waals surface area contributed by atoms with Crippen LogP contribution in [0.5, 0.6) is 0 Å². The summed E-state index contributed by atoms with van der Waals surface area (Å²) in [6.45, 7) is 1.52. The minimum Gasteiger partial charge on any atom is -0.452 e. The van der Waals surface area contributed by atoms with E-state index in [-0.39, 0.29) is 29.2 Å². The van der Waals surface area contributed by atoms with Gasteiger partial charge in [0.2, 0.25) is 0 Å². The first-order chi connectivity index (χ1) is 13.9. The standard InChI is InChI=1S/C21H21N3O5/c1-13-10-14-4-2-3-5-18(14)23(13)20(25)12-29-21(26)15-6-9-17(22-16-7-8-16)19(11-15)24(27)28/h2-6,9,11,13,16,22H,7-8,10,12H2,1H3/t13-/m1/s1. The van der Waals surface area contributed by atoms with Crippen LogP contribution in [0.2, 0.25) is 0 Å². The zero-order valence-corrected chi connectivity index (χ0v) is 16.0. The molecule has 1 fully saturated rings. The fourth-order valence-corrected chi connectivity index (χ4v) is 3.61. The lowest BCUT2D eigenvalue weighted by atomic mass is 10.1. The van der Waals surface area contributed by atoms with Crippen molar-refractivity contribution in [2.24, 2.45) is 0 Å². The maximum Gasteiger partial charge on any atom is 0.338 e. The van der Waals surface area contributed by atoms with E-state index in [9.17, 15) is 19.7 Å². The number of para-hydroxylation sites is 1. The predicted octanol–water partition coefficient (Wildman–Crippen LogP) is 3.30. The van der Waals surface area contributed by atoms with Gasteiger partial charge in [0, 0.05) is 23.8 Å². The molecule has 1 N–H and O–H groups in total. The third kappa shape index (κ3) is 3.91. The lowest BCUT2D eigenvalue weighted by Gasteiger charge is -2.22. The van der Waals surface area contributed by atoms with Crippen molar-refractivity contribution in [1.29, 1.82) is 0 Å². The van der Waals surface area contributed by atoms with Crippen LogP contribution in [-0.4, -0.2) is 35.5 Å². The monoisotopic (exact) mass is 395 g/mol. The lowest BCUT2D eigenvalue weighted by molar-refractivity contribution is -0.384. The molecule has 8 nitrogen and oxygen atoms in total. The number of ether oxygens (including phenoxy) is 1. The van der Waals surface area contributed by atoms with Gasteiger partial charge in [-0.1, -0.05) is 18.2 Å². The van der Waals surface area contributed by atoms with E-state index in [1.807, 2.05) is 31.2 Å². The van der Waals surface area contributed by atoms with Crippen molar-refractivity contribution in [3.63, 3.8) is 0 Å². The Bertz CT molecular complexity index is 986. The molecule has 29 heavy (non-hydrogen) atoms. The molecule has 0 saturated heterocycles. The Morgan fingerprint density at radius 3 is 2.72 bits per heavy atom. The van der Waals surface area contributed by atoms with Crippen molar-refractivity contribution < 1.29 is 19.2 Å². The second-order valence-corrected chi connectivity index (χ2v) is 7.43. The SMILES string of the molecule is C[C@@H]1Cc2ccccc2N1C(=O)COC(=O)c1ccc(NC2CC2)c([N+](=O)[O-])c1. The van der Waals surface area contributed by atoms with E-state index >= 15 is 0 Å². The molecular weight excluding hydrogens is 374 g/mol. The Morgan fingerprint density at radius 1 is 1.24 bits per heavy atom. The van der Waals surface area contributed by atoms with Crippen LogP contribution in [0.1, 0.15) is 35.7 Å². The molecule has 4 rings (SSSR count). The van der Waals surface area contributed by atoms with Gasteiger partial charge < -0.3 is 15.0 Å². The highest BCUT2D eigenvalue weighted by atomic mass is 16.6. The number of nitro benzene ring substituents is 1. The molecule has 0 spiro atoms. The minimum atomic E-state index is -0.764. The number of hydrogen-bond donors (Lipinski definition) is 1. The first-order valence-electron chi connectivity index (χ1n) is 9.56. The Hall–Kier alpha value is -3.42. The van der Waals surface area contributed by atoms with E-state index in [1.54, 1.807) is 4.90 Å². The van der Waals surface area contributed by atoms with Gasteiger partial charge in [0.25, 0.3) is 11.6 Å². The molecule has 2 aromatic carbocycles. The topological polar surface area (TPSA) is 102 Å². The van der Waals surface area contributed by atoms with Crippen LogP contribution in [0.25, 0.3) is 0 Å². The number of esters is 1. The van der Waals surface area contributed by atoms with Crippen LogP contribution in [0.3, 0.4) is 0 Å². The van der Waals surface area contributed by atoms with Gasteiger partial charge in [-0.15, -0.1) is 0 Å². The number of fused-ring (bicyclic) bond motifs is 1. The smallest absolute Gasteiger partial charge is 0.338 e. The van der Waals surface area contributed by atoms with Gasteiger partial charge in [0.05, 0.1) is 10.5 Å². The van der Waals surface area contributed by atoms with Gasteiger partial charge in [-0.25, -0.2) is 4.79 Å². The highest BCUT2D eigenvalue weighted by Gasteiger charge is 2.31. The number of anilines is 2. The Kier molecular flexibility index (Phi) is 4.92. The first-order valence-corrected chi connectivity index (χ1v) is 9.56. The van der Waals surface area contributed by atoms with Gasteiger partial charge in [0.15, 0.2) is 6.61 Å². The maximum atomic E-state index is 12.6. The Labute approximate surface area is 167 Å². The molecule has 1 atom stereocenters. The van der Waals surface area contributed by atoms with Crippen LogP contribution in [0.4, 0.5) is 17.1 Å². The molecule has 2 aromatic rings. The number of nitrogens with one attached hydrogen (secondary N) is 1. The lowest BCUT2D eigenvalue weighted by Crippen LogP contribution is -2.38. The number of rotatable bonds is 6. The van der Waals surface area contributed by atoms with Crippen molar-refractivity contribution in [1.82, 2.24) is 0 Å². The quantitative estimate of drug-likeness (QED) is 0.457. The maximum absolute atomic E-state index is 12.6. The second-order valence-electron chi connectivity index (χ2n) is 7.43. The molecule has 1 amide bonds. The molecule has 1 aliphatic heterocycles. The molecule has 1 saturated carbocycles. The van der Waals surface area contributed by atoms with Gasteiger partial charge in [-0.05, 0) is 49.9 Å². The van der Waals surface area contributed by atoms with Crippen molar-refractivity contribution in [2.75, 3.05) is 16.8 Å². The van der Waals surface area contributed by atoms with E-state index in [2.05, 4.69) is 5.32 Å². The largest absolute Gasteiger partial charge is 0.452 e. The van der Waals surface area contributed by atoms with Crippen molar-refractivity contribution in [3.8, 4) is 0 Å². The Morgan fingerprint density at radius 2 is 2.00 bits per heavy atom. The summed E-state index contributed by atoms with van der Waals surface area (Å²) < 4.78 is 5.16. The number of nitro groups is 1. The first kappa shape index (κ1) is 18.9. The fraction of sp³-hybridized carbons (Fsp3) is 0.333. The van der Waals surface area contributed by atoms with Gasteiger partial charge in [-0.3, -0.25) is 14.9 Å². The summed E-state index contributed by atoms with van der Waals surface area (Å²) >= 11 is 0. The highest BCUT2D eigenvalue weighted by Crippen LogP contribution is 2.33. The molecule has 0 radical (unpaired) electrons. The Balaban J connectivity index is 1.44. The summed E-state index contributed by atoms with van der Waals surface area (Å²) in [5.41, 5.74) is 2.15. The average molecular weight is 395 g/mol. The average Bonchev–Trinajstić information content (AvgIpc) is 3.45. The van der Waals surface area contributed by atoms with Crippen LogP contribution >= 0.6 is 0 Å². The minimum absolute atomic E-state index is 0.0209. The third-order valence-corrected chi connectivity index (χ3v) is 5.17. The molecule has 1 aliphatic carbocycles. The van der Waals surface area contributed by atoms with Crippen LogP contribution in [0.15, 0.2) is 42.5 Å². The molecule has 150 valence electrons. The normalized spacial score (nSPS) is 17.6. The highest BCUT2D eigenvalue weighted by molar-refractivity contribution is 5.99. The number of nitrogens with zero attached hydrogens (tertiary/aromatic N) is 2. The molecule has 0 unspecified atom stereocenters. The molecule has 8 heteroatoms. The van der Waals surface area contributed by atoms with E-state index in [1.165, 1.54) is 18.2 Å². The zero-order valence-electron chi connectivity index (χ0n) is 16.0. The third-order valence-electron chi connectivity index (χ3n) is 5.17. The number of hydrogen-bond acceptors (Lipinski definition) is 6. The van der Waals surface area contributed by atoms with Crippen molar-refractivity contribution >= 4 is 28.9 Å². The fourth-order valence-electron chi connectivity index (χ4n) is 3.61. The van der Waals surface area contributed by atoms with Crippen LogP contribution < -0.4 is 10.2 Å². The van der Waals surface area contributed by atoms with E-state index in [4.69, 9.17) is 4.74 Å². The van der Waals surface area contributed by atoms with Gasteiger partial charge >= 0.3 is 5.97 Å². The van der Waals surface area contributed by atoms with Crippen LogP contribution in [-0.2, 0) is 16.0 Å². The van der Waals surface area contributed by atoms with E-state index < -0.39 is 17.5 Å². The van der Waals surface area contributed by atoms with Gasteiger partial charge in [-0.2, -0.15) is 0 Å². The number of carbonyl (C=O) groups is 2. The molecule has 1 heterocycles.